The van der Waals surface area contributed by atoms with Gasteiger partial charge in [-0.25, -0.2) is 0 Å². The summed E-state index contributed by atoms with van der Waals surface area (Å²) in [6, 6.07) is 14.4. The van der Waals surface area contributed by atoms with E-state index in [0.717, 1.165) is 0 Å². The Bertz CT molecular complexity index is 575. The maximum Gasteiger partial charge on any atom is 0.283 e. The van der Waals surface area contributed by atoms with Gasteiger partial charge in [-0.05, 0) is 22.0 Å². The number of para-hydroxylation sites is 2. The van der Waals surface area contributed by atoms with Crippen LogP contribution in [0.3, 0.4) is 0 Å². The number of nitro benzene ring substituents is 2. The first-order valence-electron chi connectivity index (χ1n) is 5.10. The Morgan fingerprint density at radius 2 is 1.32 bits per heavy atom. The molecule has 0 fully saturated rings. The standard InChI is InChI=1S/C6H4BrNO2.C6H5NO2/c7-5-3-1-2-4-6(5)8(9)10;8-7(9)6-4-2-1-3-5-6/h1-4H;1-5H. The number of benzene rings is 2. The van der Waals surface area contributed by atoms with Crippen LogP contribution in [0.1, 0.15) is 0 Å². The SMILES string of the molecule is O=[N+]([O-])c1ccccc1.O=[N+]([O-])c1ccccc1Br. The van der Waals surface area contributed by atoms with Crippen molar-refractivity contribution in [3.63, 3.8) is 0 Å². The van der Waals surface area contributed by atoms with Crippen molar-refractivity contribution in [1.29, 1.82) is 0 Å². The zero-order valence-electron chi connectivity index (χ0n) is 9.60. The lowest BCUT2D eigenvalue weighted by Gasteiger charge is -1.91. The molecule has 19 heavy (non-hydrogen) atoms. The Balaban J connectivity index is 0.000000191. The van der Waals surface area contributed by atoms with Crippen LogP contribution in [0.5, 0.6) is 0 Å². The summed E-state index contributed by atoms with van der Waals surface area (Å²) < 4.78 is 0.514. The highest BCUT2D eigenvalue weighted by molar-refractivity contribution is 9.10. The minimum absolute atomic E-state index is 0.0995. The number of nitrogens with zero attached hydrogens (tertiary/aromatic N) is 2. The molecule has 0 atom stereocenters. The topological polar surface area (TPSA) is 86.3 Å². The number of halogens is 1. The molecule has 2 aromatic rings. The Kier molecular flexibility index (Phi) is 5.62. The molecule has 0 N–H and O–H groups in total. The van der Waals surface area contributed by atoms with Gasteiger partial charge in [0, 0.05) is 18.2 Å². The maximum absolute atomic E-state index is 10.2. The quantitative estimate of drug-likeness (QED) is 0.618. The summed E-state index contributed by atoms with van der Waals surface area (Å²) in [5.74, 6) is 0. The second-order valence-electron chi connectivity index (χ2n) is 3.30. The minimum atomic E-state index is -0.427. The number of hydrogen-bond acceptors (Lipinski definition) is 4. The molecular formula is C12H9BrN2O4. The fourth-order valence-electron chi connectivity index (χ4n) is 1.15. The highest BCUT2D eigenvalue weighted by Gasteiger charge is 2.07. The van der Waals surface area contributed by atoms with Crippen LogP contribution < -0.4 is 0 Å². The van der Waals surface area contributed by atoms with Crippen molar-refractivity contribution >= 4 is 27.3 Å². The van der Waals surface area contributed by atoms with E-state index in [1.807, 2.05) is 0 Å². The zero-order valence-corrected chi connectivity index (χ0v) is 11.2. The molecule has 0 aliphatic carbocycles. The summed E-state index contributed by atoms with van der Waals surface area (Å²) in [5.41, 5.74) is 0.236. The molecule has 0 bridgehead atoms. The van der Waals surface area contributed by atoms with Crippen molar-refractivity contribution in [3.8, 4) is 0 Å². The number of hydrogen-bond donors (Lipinski definition) is 0. The molecule has 2 aromatic carbocycles. The zero-order chi connectivity index (χ0) is 14.3. The van der Waals surface area contributed by atoms with Gasteiger partial charge in [-0.3, -0.25) is 20.2 Å². The highest BCUT2D eigenvalue weighted by Crippen LogP contribution is 2.22. The van der Waals surface area contributed by atoms with Crippen LogP contribution >= 0.6 is 15.9 Å². The van der Waals surface area contributed by atoms with Gasteiger partial charge in [-0.2, -0.15) is 0 Å². The summed E-state index contributed by atoms with van der Waals surface area (Å²) in [4.78, 5) is 19.4. The van der Waals surface area contributed by atoms with E-state index in [2.05, 4.69) is 15.9 Å². The van der Waals surface area contributed by atoms with Gasteiger partial charge in [0.05, 0.1) is 14.3 Å². The van der Waals surface area contributed by atoms with Crippen molar-refractivity contribution < 1.29 is 9.85 Å². The minimum Gasteiger partial charge on any atom is -0.258 e. The lowest BCUT2D eigenvalue weighted by Crippen LogP contribution is -1.87. The average molecular weight is 325 g/mol. The van der Waals surface area contributed by atoms with Crippen molar-refractivity contribution in [3.05, 3.63) is 79.3 Å². The van der Waals surface area contributed by atoms with E-state index in [4.69, 9.17) is 0 Å². The molecule has 0 amide bonds. The first kappa shape index (κ1) is 14.8. The lowest BCUT2D eigenvalue weighted by molar-refractivity contribution is -0.385. The Hall–Kier alpha value is -2.28. The van der Waals surface area contributed by atoms with Crippen LogP contribution in [0, 0.1) is 20.2 Å². The van der Waals surface area contributed by atoms with Gasteiger partial charge in [-0.15, -0.1) is 0 Å². The first-order valence-corrected chi connectivity index (χ1v) is 5.90. The highest BCUT2D eigenvalue weighted by atomic mass is 79.9. The summed E-state index contributed by atoms with van der Waals surface area (Å²) >= 11 is 3.06. The van der Waals surface area contributed by atoms with Crippen molar-refractivity contribution in [2.45, 2.75) is 0 Å². The van der Waals surface area contributed by atoms with Gasteiger partial charge in [0.25, 0.3) is 11.4 Å². The van der Waals surface area contributed by atoms with Gasteiger partial charge < -0.3 is 0 Å². The molecule has 0 spiro atoms. The number of rotatable bonds is 2. The van der Waals surface area contributed by atoms with Gasteiger partial charge in [0.15, 0.2) is 0 Å². The van der Waals surface area contributed by atoms with Crippen LogP contribution in [0.2, 0.25) is 0 Å². The van der Waals surface area contributed by atoms with E-state index in [-0.39, 0.29) is 11.4 Å². The van der Waals surface area contributed by atoms with Crippen molar-refractivity contribution in [2.75, 3.05) is 0 Å². The van der Waals surface area contributed by atoms with Crippen LogP contribution in [0.4, 0.5) is 11.4 Å². The molecule has 6 nitrogen and oxygen atoms in total. The Morgan fingerprint density at radius 1 is 0.789 bits per heavy atom. The molecule has 0 aliphatic rings. The summed E-state index contributed by atoms with van der Waals surface area (Å²) in [6.45, 7) is 0. The first-order chi connectivity index (χ1) is 9.02. The molecule has 0 saturated carbocycles. The second kappa shape index (κ2) is 7.22. The molecule has 7 heteroatoms. The summed E-state index contributed by atoms with van der Waals surface area (Å²) in [7, 11) is 0. The summed E-state index contributed by atoms with van der Waals surface area (Å²) in [5, 5.41) is 20.2. The third kappa shape index (κ3) is 4.84. The third-order valence-corrected chi connectivity index (χ3v) is 2.69. The molecule has 0 aliphatic heterocycles. The van der Waals surface area contributed by atoms with Crippen LogP contribution in [0.25, 0.3) is 0 Å². The smallest absolute Gasteiger partial charge is 0.258 e. The normalized spacial score (nSPS) is 9.11. The van der Waals surface area contributed by atoms with Gasteiger partial charge in [0.1, 0.15) is 0 Å². The monoisotopic (exact) mass is 324 g/mol. The van der Waals surface area contributed by atoms with Crippen LogP contribution in [-0.2, 0) is 0 Å². The van der Waals surface area contributed by atoms with Crippen molar-refractivity contribution in [2.24, 2.45) is 0 Å². The molecule has 0 unspecified atom stereocenters. The average Bonchev–Trinajstić information content (AvgIpc) is 2.40. The maximum atomic E-state index is 10.2. The van der Waals surface area contributed by atoms with Gasteiger partial charge in [-0.1, -0.05) is 30.3 Å². The third-order valence-electron chi connectivity index (χ3n) is 2.02. The molecule has 0 heterocycles. The van der Waals surface area contributed by atoms with Gasteiger partial charge >= 0.3 is 0 Å². The fourth-order valence-corrected chi connectivity index (χ4v) is 1.58. The molecule has 2 rings (SSSR count). The predicted molar refractivity (Wildman–Crippen MR) is 73.9 cm³/mol. The van der Waals surface area contributed by atoms with E-state index in [1.54, 1.807) is 36.4 Å². The fraction of sp³-hybridized carbons (Fsp3) is 0. The molecule has 0 aromatic heterocycles. The molecule has 0 saturated heterocycles. The molecule has 98 valence electrons. The van der Waals surface area contributed by atoms with Gasteiger partial charge in [0.2, 0.25) is 0 Å². The molecule has 0 radical (unpaired) electrons. The lowest BCUT2D eigenvalue weighted by atomic mass is 10.3. The molecular weight excluding hydrogens is 316 g/mol. The second-order valence-corrected chi connectivity index (χ2v) is 4.16. The number of non-ortho nitro benzene ring substituents is 1. The van der Waals surface area contributed by atoms with Crippen LogP contribution in [-0.4, -0.2) is 9.85 Å². The van der Waals surface area contributed by atoms with E-state index in [9.17, 15) is 20.2 Å². The predicted octanol–water partition coefficient (Wildman–Crippen LogP) is 3.95. The van der Waals surface area contributed by atoms with E-state index in [0.29, 0.717) is 4.47 Å². The van der Waals surface area contributed by atoms with E-state index in [1.165, 1.54) is 18.2 Å². The van der Waals surface area contributed by atoms with Crippen molar-refractivity contribution in [1.82, 2.24) is 0 Å². The van der Waals surface area contributed by atoms with E-state index < -0.39 is 9.85 Å². The van der Waals surface area contributed by atoms with E-state index >= 15 is 0 Å². The summed E-state index contributed by atoms with van der Waals surface area (Å²) in [6.07, 6.45) is 0. The largest absolute Gasteiger partial charge is 0.283 e. The number of nitro groups is 2. The van der Waals surface area contributed by atoms with Crippen LogP contribution in [0.15, 0.2) is 59.1 Å². The Morgan fingerprint density at radius 3 is 1.68 bits per heavy atom. The Labute approximate surface area is 117 Å².